The summed E-state index contributed by atoms with van der Waals surface area (Å²) in [5, 5.41) is 10.8. The van der Waals surface area contributed by atoms with Gasteiger partial charge in [0.25, 0.3) is 0 Å². The molecule has 0 bridgehead atoms. The molecule has 4 N–H and O–H groups in total. The molecular formula is C32H32ClF3N4O6. The van der Waals surface area contributed by atoms with Gasteiger partial charge in [0.05, 0.1) is 19.0 Å². The SMILES string of the molecule is O=C(CCCCNC(=O)NCc1ccccc1Cl)NCC(=O)NC(CC(=O)OC(=O)C(F)(F)F)c1ccc(-c2ccccc2)cc1. The summed E-state index contributed by atoms with van der Waals surface area (Å²) in [6.07, 6.45) is -5.18. The number of esters is 2. The summed E-state index contributed by atoms with van der Waals surface area (Å²) in [5.41, 5.74) is 2.83. The van der Waals surface area contributed by atoms with Crippen molar-refractivity contribution in [3.05, 3.63) is 95.0 Å². The largest absolute Gasteiger partial charge is 0.491 e. The molecule has 0 aliphatic carbocycles. The Bertz CT molecular complexity index is 1500. The lowest BCUT2D eigenvalue weighted by molar-refractivity contribution is -0.202. The molecule has 3 rings (SSSR count). The third-order valence-corrected chi connectivity index (χ3v) is 6.89. The van der Waals surface area contributed by atoms with Crippen LogP contribution < -0.4 is 21.3 Å². The molecular weight excluding hydrogens is 629 g/mol. The summed E-state index contributed by atoms with van der Waals surface area (Å²) in [6, 6.07) is 21.4. The van der Waals surface area contributed by atoms with E-state index in [0.29, 0.717) is 30.0 Å². The Hall–Kier alpha value is -4.91. The first-order valence-corrected chi connectivity index (χ1v) is 14.6. The Morgan fingerprint density at radius 1 is 0.761 bits per heavy atom. The van der Waals surface area contributed by atoms with E-state index < -0.39 is 55.0 Å². The Balaban J connectivity index is 1.45. The van der Waals surface area contributed by atoms with Gasteiger partial charge >= 0.3 is 24.1 Å². The Kier molecular flexibility index (Phi) is 13.6. The third-order valence-electron chi connectivity index (χ3n) is 6.52. The molecule has 1 atom stereocenters. The number of rotatable bonds is 14. The van der Waals surface area contributed by atoms with Gasteiger partial charge in [-0.1, -0.05) is 84.4 Å². The second kappa shape index (κ2) is 17.5. The highest BCUT2D eigenvalue weighted by atomic mass is 35.5. The number of carbonyl (C=O) groups is 5. The first kappa shape index (κ1) is 35.6. The predicted molar refractivity (Wildman–Crippen MR) is 163 cm³/mol. The Morgan fingerprint density at radius 3 is 2.09 bits per heavy atom. The number of amides is 4. The van der Waals surface area contributed by atoms with Crippen LogP contribution in [0.5, 0.6) is 0 Å². The van der Waals surface area contributed by atoms with Crippen molar-refractivity contribution >= 4 is 41.4 Å². The number of urea groups is 1. The molecule has 0 spiro atoms. The van der Waals surface area contributed by atoms with Crippen LogP contribution in [0.3, 0.4) is 0 Å². The molecule has 244 valence electrons. The van der Waals surface area contributed by atoms with Gasteiger partial charge in [-0.25, -0.2) is 9.59 Å². The van der Waals surface area contributed by atoms with Crippen LogP contribution in [0.4, 0.5) is 18.0 Å². The number of nitrogens with one attached hydrogen (secondary N) is 4. The molecule has 0 aromatic heterocycles. The monoisotopic (exact) mass is 660 g/mol. The number of hydrogen-bond acceptors (Lipinski definition) is 6. The van der Waals surface area contributed by atoms with E-state index >= 15 is 0 Å². The number of ether oxygens (including phenoxy) is 1. The molecule has 0 saturated carbocycles. The normalized spacial score (nSPS) is 11.6. The molecule has 10 nitrogen and oxygen atoms in total. The third kappa shape index (κ3) is 12.2. The van der Waals surface area contributed by atoms with Crippen LogP contribution in [-0.2, 0) is 30.5 Å². The van der Waals surface area contributed by atoms with Crippen LogP contribution in [0, 0.1) is 0 Å². The lowest BCUT2D eigenvalue weighted by Crippen LogP contribution is -2.39. The minimum absolute atomic E-state index is 0.0620. The molecule has 0 fully saturated rings. The van der Waals surface area contributed by atoms with Gasteiger partial charge in [-0.05, 0) is 41.2 Å². The second-order valence-electron chi connectivity index (χ2n) is 10.0. The highest BCUT2D eigenvalue weighted by Gasteiger charge is 2.42. The molecule has 3 aromatic carbocycles. The maximum Gasteiger partial charge on any atom is 0.491 e. The fraction of sp³-hybridized carbons (Fsp3) is 0.281. The van der Waals surface area contributed by atoms with E-state index in [1.807, 2.05) is 30.3 Å². The van der Waals surface area contributed by atoms with Gasteiger partial charge in [0.1, 0.15) is 0 Å². The van der Waals surface area contributed by atoms with Gasteiger partial charge in [0, 0.05) is 24.5 Å². The number of unbranched alkanes of at least 4 members (excludes halogenated alkanes) is 1. The lowest BCUT2D eigenvalue weighted by atomic mass is 9.99. The van der Waals surface area contributed by atoms with E-state index in [1.165, 1.54) is 0 Å². The van der Waals surface area contributed by atoms with E-state index in [1.54, 1.807) is 48.5 Å². The Labute approximate surface area is 268 Å². The molecule has 4 amide bonds. The van der Waals surface area contributed by atoms with Crippen LogP contribution in [-0.4, -0.2) is 49.0 Å². The van der Waals surface area contributed by atoms with Crippen molar-refractivity contribution in [3.8, 4) is 11.1 Å². The molecule has 3 aromatic rings. The van der Waals surface area contributed by atoms with Crippen molar-refractivity contribution in [1.82, 2.24) is 21.3 Å². The highest BCUT2D eigenvalue weighted by Crippen LogP contribution is 2.25. The zero-order chi connectivity index (χ0) is 33.5. The van der Waals surface area contributed by atoms with E-state index in [9.17, 15) is 37.1 Å². The van der Waals surface area contributed by atoms with E-state index in [2.05, 4.69) is 26.0 Å². The van der Waals surface area contributed by atoms with Crippen LogP contribution in [0.1, 0.15) is 42.9 Å². The highest BCUT2D eigenvalue weighted by molar-refractivity contribution is 6.31. The molecule has 0 radical (unpaired) electrons. The summed E-state index contributed by atoms with van der Waals surface area (Å²) in [6.45, 7) is 0.0825. The van der Waals surface area contributed by atoms with Gasteiger partial charge in [-0.2, -0.15) is 13.2 Å². The summed E-state index contributed by atoms with van der Waals surface area (Å²) in [4.78, 5) is 60.1. The van der Waals surface area contributed by atoms with Crippen LogP contribution in [0.15, 0.2) is 78.9 Å². The predicted octanol–water partition coefficient (Wildman–Crippen LogP) is 4.97. The van der Waals surface area contributed by atoms with Gasteiger partial charge in [0.15, 0.2) is 0 Å². The van der Waals surface area contributed by atoms with Gasteiger partial charge in [0.2, 0.25) is 11.8 Å². The van der Waals surface area contributed by atoms with Crippen LogP contribution in [0.2, 0.25) is 5.02 Å². The quantitative estimate of drug-likeness (QED) is 0.109. The number of hydrogen-bond donors (Lipinski definition) is 4. The number of carbonyl (C=O) groups excluding carboxylic acids is 5. The van der Waals surface area contributed by atoms with Crippen molar-refractivity contribution in [3.63, 3.8) is 0 Å². The van der Waals surface area contributed by atoms with Crippen molar-refractivity contribution in [2.45, 2.75) is 44.4 Å². The first-order valence-electron chi connectivity index (χ1n) is 14.2. The van der Waals surface area contributed by atoms with E-state index in [-0.39, 0.29) is 13.0 Å². The van der Waals surface area contributed by atoms with Crippen LogP contribution in [0.25, 0.3) is 11.1 Å². The first-order chi connectivity index (χ1) is 21.9. The van der Waals surface area contributed by atoms with Gasteiger partial charge in [-0.3, -0.25) is 14.4 Å². The molecule has 0 aliphatic rings. The fourth-order valence-electron chi connectivity index (χ4n) is 4.17. The molecule has 0 heterocycles. The molecule has 46 heavy (non-hydrogen) atoms. The number of alkyl halides is 3. The van der Waals surface area contributed by atoms with Crippen molar-refractivity contribution < 1.29 is 41.9 Å². The zero-order valence-corrected chi connectivity index (χ0v) is 25.2. The van der Waals surface area contributed by atoms with Crippen molar-refractivity contribution in [1.29, 1.82) is 0 Å². The Morgan fingerprint density at radius 2 is 1.41 bits per heavy atom. The summed E-state index contributed by atoms with van der Waals surface area (Å²) < 4.78 is 41.6. The molecule has 0 saturated heterocycles. The molecule has 0 aliphatic heterocycles. The maximum absolute atomic E-state index is 12.6. The van der Waals surface area contributed by atoms with Gasteiger partial charge in [-0.15, -0.1) is 0 Å². The summed E-state index contributed by atoms with van der Waals surface area (Å²) in [5.74, 6) is -5.33. The lowest BCUT2D eigenvalue weighted by Gasteiger charge is -2.19. The van der Waals surface area contributed by atoms with Crippen molar-refractivity contribution in [2.75, 3.05) is 13.1 Å². The summed E-state index contributed by atoms with van der Waals surface area (Å²) >= 11 is 6.06. The second-order valence-corrected chi connectivity index (χ2v) is 10.4. The summed E-state index contributed by atoms with van der Waals surface area (Å²) in [7, 11) is 0. The minimum atomic E-state index is -5.37. The average molecular weight is 661 g/mol. The topological polar surface area (TPSA) is 143 Å². The van der Waals surface area contributed by atoms with Crippen molar-refractivity contribution in [2.24, 2.45) is 0 Å². The van der Waals surface area contributed by atoms with E-state index in [0.717, 1.165) is 16.7 Å². The number of benzene rings is 3. The fourth-order valence-corrected chi connectivity index (χ4v) is 4.37. The number of halogens is 4. The van der Waals surface area contributed by atoms with Crippen LogP contribution >= 0.6 is 11.6 Å². The maximum atomic E-state index is 12.6. The molecule has 14 heteroatoms. The van der Waals surface area contributed by atoms with E-state index in [4.69, 9.17) is 11.6 Å². The van der Waals surface area contributed by atoms with Gasteiger partial charge < -0.3 is 26.0 Å². The standard InChI is InChI=1S/C32H32ClF3N4O6/c33-25-11-5-4-10-24(25)19-39-31(45)37-17-7-6-12-27(41)38-20-28(42)40-26(18-29(43)46-30(44)32(34,35)36)23-15-13-22(14-16-23)21-8-2-1-3-9-21/h1-5,8-11,13-16,26H,6-7,12,17-20H2,(H,38,41)(H,40,42)(H2,37,39,45). The zero-order valence-electron chi connectivity index (χ0n) is 24.5. The average Bonchev–Trinajstić information content (AvgIpc) is 3.03. The minimum Gasteiger partial charge on any atom is -0.386 e. The smallest absolute Gasteiger partial charge is 0.386 e. The molecule has 1 unspecified atom stereocenters.